The van der Waals surface area contributed by atoms with Crippen LogP contribution < -0.4 is 10.1 Å². The minimum atomic E-state index is -0.262. The summed E-state index contributed by atoms with van der Waals surface area (Å²) in [7, 11) is 0. The zero-order valence-electron chi connectivity index (χ0n) is 19.6. The maximum Gasteiger partial charge on any atom is 0.227 e. The van der Waals surface area contributed by atoms with Gasteiger partial charge in [0.25, 0.3) is 0 Å². The number of hydrogen-bond donors (Lipinski definition) is 1. The Morgan fingerprint density at radius 3 is 2.66 bits per heavy atom. The van der Waals surface area contributed by atoms with Gasteiger partial charge in [-0.15, -0.1) is 5.10 Å². The highest BCUT2D eigenvalue weighted by Crippen LogP contribution is 2.45. The number of aromatic nitrogens is 3. The number of allylic oxidation sites excluding steroid dienone is 2. The average molecular weight is 455 g/mol. The van der Waals surface area contributed by atoms with Crippen LogP contribution in [0.25, 0.3) is 0 Å². The van der Waals surface area contributed by atoms with Crippen LogP contribution in [0.3, 0.4) is 0 Å². The van der Waals surface area contributed by atoms with E-state index in [9.17, 15) is 4.79 Å². The number of ketones is 1. The Morgan fingerprint density at radius 2 is 1.94 bits per heavy atom. The SMILES string of the molecule is CCCCCCOc1ccc(C2C3=C(CC(C)(C)CC3=O)Nc3nc(SCC)nn32)cc1. The van der Waals surface area contributed by atoms with Crippen molar-refractivity contribution in [1.82, 2.24) is 14.8 Å². The minimum Gasteiger partial charge on any atom is -0.494 e. The van der Waals surface area contributed by atoms with Crippen molar-refractivity contribution < 1.29 is 9.53 Å². The third kappa shape index (κ3) is 4.87. The van der Waals surface area contributed by atoms with E-state index in [0.717, 1.165) is 52.9 Å². The summed E-state index contributed by atoms with van der Waals surface area (Å²) >= 11 is 1.61. The number of thioether (sulfide) groups is 1. The van der Waals surface area contributed by atoms with Crippen LogP contribution in [0.1, 0.15) is 77.8 Å². The van der Waals surface area contributed by atoms with Crippen molar-refractivity contribution in [2.75, 3.05) is 17.7 Å². The molecule has 0 fully saturated rings. The molecule has 2 heterocycles. The van der Waals surface area contributed by atoms with E-state index in [-0.39, 0.29) is 17.2 Å². The van der Waals surface area contributed by atoms with E-state index in [1.165, 1.54) is 19.3 Å². The van der Waals surface area contributed by atoms with Gasteiger partial charge in [-0.1, -0.05) is 70.9 Å². The van der Waals surface area contributed by atoms with Crippen molar-refractivity contribution in [2.45, 2.75) is 77.4 Å². The van der Waals surface area contributed by atoms with Crippen LogP contribution >= 0.6 is 11.8 Å². The number of nitrogens with one attached hydrogen (secondary N) is 1. The lowest BCUT2D eigenvalue weighted by Crippen LogP contribution is -2.36. The Balaban J connectivity index is 1.63. The number of hydrogen-bond acceptors (Lipinski definition) is 6. The maximum absolute atomic E-state index is 13.3. The number of fused-ring (bicyclic) bond motifs is 1. The molecule has 1 atom stereocenters. The summed E-state index contributed by atoms with van der Waals surface area (Å²) in [6.45, 7) is 9.33. The number of unbranched alkanes of at least 4 members (excludes halogenated alkanes) is 3. The van der Waals surface area contributed by atoms with Gasteiger partial charge in [-0.25, -0.2) is 4.68 Å². The highest BCUT2D eigenvalue weighted by molar-refractivity contribution is 7.99. The normalized spacial score (nSPS) is 19.4. The Hall–Kier alpha value is -2.28. The van der Waals surface area contributed by atoms with Crippen LogP contribution in [0.2, 0.25) is 0 Å². The number of anilines is 1. The van der Waals surface area contributed by atoms with Gasteiger partial charge >= 0.3 is 0 Å². The smallest absolute Gasteiger partial charge is 0.227 e. The predicted molar refractivity (Wildman–Crippen MR) is 129 cm³/mol. The van der Waals surface area contributed by atoms with E-state index < -0.39 is 0 Å². The van der Waals surface area contributed by atoms with E-state index in [0.29, 0.717) is 12.4 Å². The molecule has 1 aromatic carbocycles. The molecule has 4 rings (SSSR count). The van der Waals surface area contributed by atoms with Gasteiger partial charge < -0.3 is 10.1 Å². The summed E-state index contributed by atoms with van der Waals surface area (Å²) in [5, 5.41) is 8.91. The molecule has 7 heteroatoms. The monoisotopic (exact) mass is 454 g/mol. The zero-order chi connectivity index (χ0) is 22.7. The lowest BCUT2D eigenvalue weighted by Gasteiger charge is -2.38. The standard InChI is InChI=1S/C25H34N4O2S/c1-5-7-8-9-14-31-18-12-10-17(11-13-18)22-21-19(15-25(3,4)16-20(21)30)26-23-27-24(32-6-2)28-29(22)23/h10-13,22H,5-9,14-16H2,1-4H3,(H,26,27,28). The van der Waals surface area contributed by atoms with Crippen molar-refractivity contribution in [2.24, 2.45) is 5.41 Å². The zero-order valence-corrected chi connectivity index (χ0v) is 20.4. The Kier molecular flexibility index (Phi) is 6.93. The second-order valence-electron chi connectivity index (χ2n) is 9.43. The first-order chi connectivity index (χ1) is 15.4. The topological polar surface area (TPSA) is 69.0 Å². The molecule has 1 aromatic heterocycles. The average Bonchev–Trinajstić information content (AvgIpc) is 3.14. The summed E-state index contributed by atoms with van der Waals surface area (Å²) in [4.78, 5) is 18.0. The summed E-state index contributed by atoms with van der Waals surface area (Å²) in [5.41, 5.74) is 2.78. The number of Topliss-reactive ketones (excluding diaryl/α,β-unsaturated/α-hetero) is 1. The van der Waals surface area contributed by atoms with Crippen LogP contribution in [0.5, 0.6) is 5.75 Å². The Labute approximate surface area is 195 Å². The van der Waals surface area contributed by atoms with Gasteiger partial charge in [-0.3, -0.25) is 4.79 Å². The number of nitrogens with zero attached hydrogens (tertiary/aromatic N) is 3. The molecule has 1 N–H and O–H groups in total. The van der Waals surface area contributed by atoms with Gasteiger partial charge in [0, 0.05) is 17.7 Å². The molecule has 1 aliphatic heterocycles. The fraction of sp³-hybridized carbons (Fsp3) is 0.560. The molecule has 0 spiro atoms. The molecule has 2 aliphatic rings. The van der Waals surface area contributed by atoms with Gasteiger partial charge in [-0.05, 0) is 41.7 Å². The molecule has 0 saturated heterocycles. The largest absolute Gasteiger partial charge is 0.494 e. The predicted octanol–water partition coefficient (Wildman–Crippen LogP) is 6.01. The lowest BCUT2D eigenvalue weighted by atomic mass is 9.73. The van der Waals surface area contributed by atoms with Crippen molar-refractivity contribution in [3.05, 3.63) is 41.1 Å². The van der Waals surface area contributed by atoms with E-state index in [2.05, 4.69) is 45.1 Å². The molecule has 1 aliphatic carbocycles. The number of rotatable bonds is 9. The number of benzene rings is 1. The molecule has 0 radical (unpaired) electrons. The van der Waals surface area contributed by atoms with Crippen molar-refractivity contribution in [3.63, 3.8) is 0 Å². The number of ether oxygens (including phenoxy) is 1. The minimum absolute atomic E-state index is 0.0634. The molecular formula is C25H34N4O2S. The van der Waals surface area contributed by atoms with Gasteiger partial charge in [0.1, 0.15) is 11.8 Å². The summed E-state index contributed by atoms with van der Waals surface area (Å²) < 4.78 is 7.81. The Morgan fingerprint density at radius 1 is 1.16 bits per heavy atom. The van der Waals surface area contributed by atoms with Gasteiger partial charge in [0.15, 0.2) is 5.78 Å². The second kappa shape index (κ2) is 9.69. The first kappa shape index (κ1) is 22.9. The van der Waals surface area contributed by atoms with Gasteiger partial charge in [0.05, 0.1) is 6.61 Å². The van der Waals surface area contributed by atoms with E-state index >= 15 is 0 Å². The van der Waals surface area contributed by atoms with Crippen LogP contribution in [0.15, 0.2) is 40.7 Å². The molecule has 172 valence electrons. The molecule has 2 aromatic rings. The first-order valence-electron chi connectivity index (χ1n) is 11.8. The second-order valence-corrected chi connectivity index (χ2v) is 10.7. The molecular weight excluding hydrogens is 420 g/mol. The Bertz CT molecular complexity index is 994. The molecule has 0 saturated carbocycles. The highest BCUT2D eigenvalue weighted by atomic mass is 32.2. The molecule has 1 unspecified atom stereocenters. The molecule has 32 heavy (non-hydrogen) atoms. The summed E-state index contributed by atoms with van der Waals surface area (Å²) in [6, 6.07) is 7.88. The van der Waals surface area contributed by atoms with Gasteiger partial charge in [0.2, 0.25) is 11.1 Å². The quantitative estimate of drug-likeness (QED) is 0.370. The fourth-order valence-corrected chi connectivity index (χ4v) is 5.11. The molecule has 0 amide bonds. The molecule has 0 bridgehead atoms. The third-order valence-electron chi connectivity index (χ3n) is 6.05. The number of carbonyl (C=O) groups excluding carboxylic acids is 1. The first-order valence-corrected chi connectivity index (χ1v) is 12.8. The van der Waals surface area contributed by atoms with Gasteiger partial charge in [-0.2, -0.15) is 4.98 Å². The third-order valence-corrected chi connectivity index (χ3v) is 6.77. The van der Waals surface area contributed by atoms with Crippen molar-refractivity contribution in [3.8, 4) is 5.75 Å². The van der Waals surface area contributed by atoms with E-state index in [4.69, 9.17) is 14.8 Å². The van der Waals surface area contributed by atoms with E-state index in [1.807, 2.05) is 16.8 Å². The van der Waals surface area contributed by atoms with Crippen LogP contribution in [-0.2, 0) is 4.79 Å². The fourth-order valence-electron chi connectivity index (χ4n) is 4.55. The van der Waals surface area contributed by atoms with E-state index in [1.54, 1.807) is 11.8 Å². The van der Waals surface area contributed by atoms with Crippen molar-refractivity contribution >= 4 is 23.5 Å². The maximum atomic E-state index is 13.3. The van der Waals surface area contributed by atoms with Crippen molar-refractivity contribution in [1.29, 1.82) is 0 Å². The summed E-state index contributed by atoms with van der Waals surface area (Å²) in [5.74, 6) is 2.67. The summed E-state index contributed by atoms with van der Waals surface area (Å²) in [6.07, 6.45) is 6.12. The lowest BCUT2D eigenvalue weighted by molar-refractivity contribution is -0.118. The van der Waals surface area contributed by atoms with Crippen LogP contribution in [0.4, 0.5) is 5.95 Å². The van der Waals surface area contributed by atoms with Crippen LogP contribution in [0, 0.1) is 5.41 Å². The van der Waals surface area contributed by atoms with Crippen LogP contribution in [-0.4, -0.2) is 32.9 Å². The number of carbonyl (C=O) groups is 1. The highest BCUT2D eigenvalue weighted by Gasteiger charge is 2.41. The molecule has 6 nitrogen and oxygen atoms in total.